The maximum absolute atomic E-state index is 14.3. The minimum atomic E-state index is -4.92. The molecule has 158 valence electrons. The lowest BCUT2D eigenvalue weighted by Crippen LogP contribution is -2.42. The number of rotatable bonds is 6. The van der Waals surface area contributed by atoms with Crippen molar-refractivity contribution < 1.29 is 32.3 Å². The summed E-state index contributed by atoms with van der Waals surface area (Å²) in [6, 6.07) is 4.07. The number of nitrogens with one attached hydrogen (secondary N) is 2. The Morgan fingerprint density at radius 1 is 1.23 bits per heavy atom. The SMILES string of the molecule is CCc1cc(C(=O)NC(Cc2cccc(C(F)(F)F)c2F)C(=O)O)cc2cn[nH]c12. The molecule has 0 aliphatic carbocycles. The minimum Gasteiger partial charge on any atom is -0.480 e. The average molecular weight is 423 g/mol. The van der Waals surface area contributed by atoms with E-state index in [0.717, 1.165) is 23.2 Å². The molecule has 0 aliphatic rings. The van der Waals surface area contributed by atoms with Crippen LogP contribution in [0.4, 0.5) is 17.6 Å². The normalized spacial score (nSPS) is 12.7. The van der Waals surface area contributed by atoms with Crippen LogP contribution in [0.3, 0.4) is 0 Å². The Morgan fingerprint density at radius 2 is 1.97 bits per heavy atom. The maximum atomic E-state index is 14.3. The van der Waals surface area contributed by atoms with Crippen LogP contribution in [0.1, 0.15) is 34.0 Å². The van der Waals surface area contributed by atoms with Crippen molar-refractivity contribution >= 4 is 22.8 Å². The molecule has 1 aromatic heterocycles. The molecule has 0 bridgehead atoms. The third-order valence-corrected chi connectivity index (χ3v) is 4.69. The van der Waals surface area contributed by atoms with E-state index in [0.29, 0.717) is 17.9 Å². The molecule has 0 saturated heterocycles. The molecule has 1 unspecified atom stereocenters. The summed E-state index contributed by atoms with van der Waals surface area (Å²) in [5.41, 5.74) is -0.261. The first-order valence-electron chi connectivity index (χ1n) is 8.96. The molecule has 1 amide bonds. The van der Waals surface area contributed by atoms with E-state index >= 15 is 0 Å². The van der Waals surface area contributed by atoms with Gasteiger partial charge in [-0.15, -0.1) is 0 Å². The highest BCUT2D eigenvalue weighted by Gasteiger charge is 2.35. The van der Waals surface area contributed by atoms with Crippen LogP contribution in [-0.2, 0) is 23.8 Å². The molecule has 3 aromatic rings. The fourth-order valence-electron chi connectivity index (χ4n) is 3.16. The van der Waals surface area contributed by atoms with Gasteiger partial charge in [0.2, 0.25) is 0 Å². The Hall–Kier alpha value is -3.43. The van der Waals surface area contributed by atoms with Gasteiger partial charge in [0, 0.05) is 17.4 Å². The lowest BCUT2D eigenvalue weighted by atomic mass is 10.0. The van der Waals surface area contributed by atoms with Gasteiger partial charge < -0.3 is 10.4 Å². The molecule has 0 saturated carbocycles. The number of H-pyrrole nitrogens is 1. The summed E-state index contributed by atoms with van der Waals surface area (Å²) in [7, 11) is 0. The highest BCUT2D eigenvalue weighted by molar-refractivity contribution is 6.00. The molecule has 0 fully saturated rings. The van der Waals surface area contributed by atoms with Crippen molar-refractivity contribution in [2.75, 3.05) is 0 Å². The van der Waals surface area contributed by atoms with Crippen molar-refractivity contribution in [3.8, 4) is 0 Å². The van der Waals surface area contributed by atoms with Gasteiger partial charge in [0.1, 0.15) is 11.9 Å². The van der Waals surface area contributed by atoms with E-state index in [1.807, 2.05) is 6.92 Å². The van der Waals surface area contributed by atoms with Crippen molar-refractivity contribution in [2.45, 2.75) is 32.0 Å². The number of carbonyl (C=O) groups excluding carboxylic acids is 1. The fraction of sp³-hybridized carbons (Fsp3) is 0.250. The quantitative estimate of drug-likeness (QED) is 0.527. The molecule has 10 heteroatoms. The minimum absolute atomic E-state index is 0.163. The zero-order valence-electron chi connectivity index (χ0n) is 15.7. The molecule has 0 aliphatic heterocycles. The molecule has 0 radical (unpaired) electrons. The highest BCUT2D eigenvalue weighted by Crippen LogP contribution is 2.32. The predicted octanol–water partition coefficient (Wildman–Crippen LogP) is 3.71. The van der Waals surface area contributed by atoms with E-state index in [4.69, 9.17) is 0 Å². The van der Waals surface area contributed by atoms with E-state index < -0.39 is 47.5 Å². The van der Waals surface area contributed by atoms with Crippen molar-refractivity contribution in [1.82, 2.24) is 15.5 Å². The van der Waals surface area contributed by atoms with Gasteiger partial charge in [-0.1, -0.05) is 19.1 Å². The van der Waals surface area contributed by atoms with E-state index in [1.165, 1.54) is 12.3 Å². The number of aryl methyl sites for hydroxylation is 1. The molecule has 0 spiro atoms. The molecular formula is C20H17F4N3O3. The number of hydrogen-bond donors (Lipinski definition) is 3. The van der Waals surface area contributed by atoms with Crippen molar-refractivity contribution in [2.24, 2.45) is 0 Å². The van der Waals surface area contributed by atoms with Crippen LogP contribution in [0.15, 0.2) is 36.5 Å². The van der Waals surface area contributed by atoms with Gasteiger partial charge in [-0.25, -0.2) is 9.18 Å². The van der Waals surface area contributed by atoms with Gasteiger partial charge in [0.15, 0.2) is 0 Å². The number of benzene rings is 2. The molecule has 30 heavy (non-hydrogen) atoms. The summed E-state index contributed by atoms with van der Waals surface area (Å²) >= 11 is 0. The number of halogens is 4. The number of alkyl halides is 3. The summed E-state index contributed by atoms with van der Waals surface area (Å²) in [6.07, 6.45) is -3.47. The molecule has 2 aromatic carbocycles. The molecule has 1 atom stereocenters. The summed E-state index contributed by atoms with van der Waals surface area (Å²) in [5, 5.41) is 19.0. The van der Waals surface area contributed by atoms with Gasteiger partial charge in [0.25, 0.3) is 5.91 Å². The summed E-state index contributed by atoms with van der Waals surface area (Å²) in [6.45, 7) is 1.87. The van der Waals surface area contributed by atoms with E-state index in [1.54, 1.807) is 6.07 Å². The monoisotopic (exact) mass is 423 g/mol. The molecule has 3 rings (SSSR count). The van der Waals surface area contributed by atoms with Gasteiger partial charge in [-0.3, -0.25) is 9.89 Å². The Labute approximate surface area is 167 Å². The van der Waals surface area contributed by atoms with Gasteiger partial charge >= 0.3 is 12.1 Å². The summed E-state index contributed by atoms with van der Waals surface area (Å²) in [5.74, 6) is -3.80. The van der Waals surface area contributed by atoms with Crippen molar-refractivity contribution in [1.29, 1.82) is 0 Å². The standard InChI is InChI=1S/C20H17F4N3O3/c1-2-10-6-12(7-13-9-25-27-17(10)13)18(28)26-15(19(29)30)8-11-4-3-5-14(16(11)21)20(22,23)24/h3-7,9,15H,2,8H2,1H3,(H,25,27)(H,26,28)(H,29,30). The second-order valence-corrected chi connectivity index (χ2v) is 6.67. The lowest BCUT2D eigenvalue weighted by Gasteiger charge is -2.17. The van der Waals surface area contributed by atoms with Crippen LogP contribution < -0.4 is 5.32 Å². The topological polar surface area (TPSA) is 95.1 Å². The Kier molecular flexibility index (Phi) is 5.77. The van der Waals surface area contributed by atoms with Gasteiger partial charge in [0.05, 0.1) is 17.3 Å². The summed E-state index contributed by atoms with van der Waals surface area (Å²) in [4.78, 5) is 24.2. The van der Waals surface area contributed by atoms with Crippen LogP contribution >= 0.6 is 0 Å². The number of amides is 1. The largest absolute Gasteiger partial charge is 0.480 e. The number of fused-ring (bicyclic) bond motifs is 1. The number of carbonyl (C=O) groups is 2. The fourth-order valence-corrected chi connectivity index (χ4v) is 3.16. The number of hydrogen-bond acceptors (Lipinski definition) is 3. The van der Waals surface area contributed by atoms with Crippen molar-refractivity contribution in [3.63, 3.8) is 0 Å². The molecule has 1 heterocycles. The number of carboxylic acids is 1. The van der Waals surface area contributed by atoms with E-state index in [-0.39, 0.29) is 5.56 Å². The van der Waals surface area contributed by atoms with E-state index in [9.17, 15) is 32.3 Å². The Morgan fingerprint density at radius 3 is 2.60 bits per heavy atom. The summed E-state index contributed by atoms with van der Waals surface area (Å²) < 4.78 is 52.9. The van der Waals surface area contributed by atoms with Crippen LogP contribution in [-0.4, -0.2) is 33.2 Å². The predicted molar refractivity (Wildman–Crippen MR) is 99.5 cm³/mol. The van der Waals surface area contributed by atoms with Crippen LogP contribution in [0.5, 0.6) is 0 Å². The van der Waals surface area contributed by atoms with Gasteiger partial charge in [-0.2, -0.15) is 18.3 Å². The maximum Gasteiger partial charge on any atom is 0.419 e. The smallest absolute Gasteiger partial charge is 0.419 e. The average Bonchev–Trinajstić information content (AvgIpc) is 3.15. The number of carboxylic acid groups (broad SMARTS) is 1. The second-order valence-electron chi connectivity index (χ2n) is 6.67. The van der Waals surface area contributed by atoms with Crippen molar-refractivity contribution in [3.05, 3.63) is 64.6 Å². The first-order valence-corrected chi connectivity index (χ1v) is 8.96. The molecular weight excluding hydrogens is 406 g/mol. The second kappa shape index (κ2) is 8.13. The van der Waals surface area contributed by atoms with Crippen LogP contribution in [0, 0.1) is 5.82 Å². The van der Waals surface area contributed by atoms with E-state index in [2.05, 4.69) is 15.5 Å². The third-order valence-electron chi connectivity index (χ3n) is 4.69. The number of nitrogens with zero attached hydrogens (tertiary/aromatic N) is 1. The number of aromatic nitrogens is 2. The van der Waals surface area contributed by atoms with Crippen LogP contribution in [0.25, 0.3) is 10.9 Å². The highest BCUT2D eigenvalue weighted by atomic mass is 19.4. The van der Waals surface area contributed by atoms with Gasteiger partial charge in [-0.05, 0) is 35.7 Å². The number of aliphatic carboxylic acids is 1. The zero-order valence-corrected chi connectivity index (χ0v) is 15.7. The zero-order chi connectivity index (χ0) is 22.1. The third kappa shape index (κ3) is 4.27. The Bertz CT molecular complexity index is 1110. The van der Waals surface area contributed by atoms with Crippen LogP contribution in [0.2, 0.25) is 0 Å². The molecule has 3 N–H and O–H groups in total. The first-order chi connectivity index (χ1) is 14.1. The first kappa shape index (κ1) is 21.3. The lowest BCUT2D eigenvalue weighted by molar-refractivity contribution is -0.140. The Balaban J connectivity index is 1.87. The number of aromatic amines is 1. The molecule has 6 nitrogen and oxygen atoms in total.